The van der Waals surface area contributed by atoms with E-state index >= 15 is 0 Å². The minimum atomic E-state index is 0.552. The van der Waals surface area contributed by atoms with Crippen molar-refractivity contribution in [2.24, 2.45) is 0 Å². The van der Waals surface area contributed by atoms with Crippen molar-refractivity contribution in [3.05, 3.63) is 30.3 Å². The van der Waals surface area contributed by atoms with Crippen LogP contribution in [0.3, 0.4) is 0 Å². The van der Waals surface area contributed by atoms with Gasteiger partial charge in [0.2, 0.25) is 0 Å². The number of anilines is 1. The maximum Gasteiger partial charge on any atom is 0.137 e. The molecule has 0 atom stereocenters. The normalized spacial score (nSPS) is 10.1. The molecule has 1 aromatic carbocycles. The van der Waals surface area contributed by atoms with Crippen LogP contribution >= 0.6 is 11.5 Å². The number of para-hydroxylation sites is 1. The molecule has 0 unspecified atom stereocenters. The molecule has 0 fully saturated rings. The Bertz CT molecular complexity index is 439. The number of hydrogen-bond acceptors (Lipinski definition) is 4. The van der Waals surface area contributed by atoms with Crippen LogP contribution in [0.25, 0.3) is 10.4 Å². The summed E-state index contributed by atoms with van der Waals surface area (Å²) in [5.41, 5.74) is 6.60. The summed E-state index contributed by atoms with van der Waals surface area (Å²) in [5.74, 6) is 1.40. The highest BCUT2D eigenvalue weighted by atomic mass is 32.1. The lowest BCUT2D eigenvalue weighted by Gasteiger charge is -2.04. The third kappa shape index (κ3) is 1.56. The number of benzene rings is 1. The van der Waals surface area contributed by atoms with Gasteiger partial charge in [0.25, 0.3) is 0 Å². The Morgan fingerprint density at radius 3 is 2.79 bits per heavy atom. The number of methoxy groups -OCH3 is 1. The number of ether oxygens (including phenoxy) is 1. The van der Waals surface area contributed by atoms with E-state index in [0.29, 0.717) is 5.82 Å². The Morgan fingerprint density at radius 2 is 2.14 bits per heavy atom. The largest absolute Gasteiger partial charge is 0.496 e. The molecular formula is C10H10N2OS. The van der Waals surface area contributed by atoms with E-state index in [9.17, 15) is 0 Å². The molecule has 0 saturated heterocycles. The number of aromatic nitrogens is 1. The van der Waals surface area contributed by atoms with Crippen molar-refractivity contribution in [3.8, 4) is 16.2 Å². The van der Waals surface area contributed by atoms with Gasteiger partial charge in [-0.1, -0.05) is 12.1 Å². The van der Waals surface area contributed by atoms with Crippen LogP contribution in [0.5, 0.6) is 5.75 Å². The Labute approximate surface area is 86.3 Å². The molecule has 4 heteroatoms. The summed E-state index contributed by atoms with van der Waals surface area (Å²) in [6, 6.07) is 9.67. The minimum absolute atomic E-state index is 0.552. The van der Waals surface area contributed by atoms with Crippen LogP contribution in [0.1, 0.15) is 0 Å². The Balaban J connectivity index is 2.50. The van der Waals surface area contributed by atoms with Gasteiger partial charge in [-0.2, -0.15) is 4.37 Å². The fourth-order valence-corrected chi connectivity index (χ4v) is 1.96. The van der Waals surface area contributed by atoms with E-state index in [1.165, 1.54) is 11.5 Å². The first-order chi connectivity index (χ1) is 6.81. The lowest BCUT2D eigenvalue weighted by atomic mass is 10.1. The first-order valence-electron chi connectivity index (χ1n) is 4.17. The third-order valence-corrected chi connectivity index (χ3v) is 2.74. The zero-order valence-corrected chi connectivity index (χ0v) is 8.54. The van der Waals surface area contributed by atoms with Crippen LogP contribution in [-0.2, 0) is 0 Å². The van der Waals surface area contributed by atoms with E-state index in [1.807, 2.05) is 30.3 Å². The first kappa shape index (κ1) is 9.02. The van der Waals surface area contributed by atoms with Crippen LogP contribution in [0.2, 0.25) is 0 Å². The van der Waals surface area contributed by atoms with Gasteiger partial charge in [0, 0.05) is 11.6 Å². The Morgan fingerprint density at radius 1 is 1.36 bits per heavy atom. The van der Waals surface area contributed by atoms with Gasteiger partial charge in [0.05, 0.1) is 12.0 Å². The zero-order valence-electron chi connectivity index (χ0n) is 7.73. The number of nitrogen functional groups attached to an aromatic ring is 1. The van der Waals surface area contributed by atoms with E-state index in [4.69, 9.17) is 10.5 Å². The molecule has 0 radical (unpaired) electrons. The van der Waals surface area contributed by atoms with Gasteiger partial charge >= 0.3 is 0 Å². The van der Waals surface area contributed by atoms with Crippen LogP contribution in [0, 0.1) is 0 Å². The lowest BCUT2D eigenvalue weighted by Crippen LogP contribution is -1.85. The van der Waals surface area contributed by atoms with E-state index in [-0.39, 0.29) is 0 Å². The minimum Gasteiger partial charge on any atom is -0.496 e. The molecule has 2 N–H and O–H groups in total. The fraction of sp³-hybridized carbons (Fsp3) is 0.100. The highest BCUT2D eigenvalue weighted by Crippen LogP contribution is 2.33. The van der Waals surface area contributed by atoms with Crippen molar-refractivity contribution in [2.75, 3.05) is 12.8 Å². The Hall–Kier alpha value is -1.55. The average Bonchev–Trinajstić information content (AvgIpc) is 2.65. The lowest BCUT2D eigenvalue weighted by molar-refractivity contribution is 0.416. The molecule has 2 aromatic rings. The number of rotatable bonds is 2. The molecule has 0 aliphatic carbocycles. The molecule has 0 spiro atoms. The summed E-state index contributed by atoms with van der Waals surface area (Å²) < 4.78 is 9.28. The van der Waals surface area contributed by atoms with Gasteiger partial charge in [-0.05, 0) is 23.7 Å². The highest BCUT2D eigenvalue weighted by molar-refractivity contribution is 7.09. The molecule has 0 bridgehead atoms. The molecule has 72 valence electrons. The third-order valence-electron chi connectivity index (χ3n) is 1.90. The quantitative estimate of drug-likeness (QED) is 0.820. The molecule has 0 aliphatic heterocycles. The molecule has 0 aliphatic rings. The van der Waals surface area contributed by atoms with Crippen molar-refractivity contribution in [1.29, 1.82) is 0 Å². The second-order valence-corrected chi connectivity index (χ2v) is 3.62. The maximum atomic E-state index is 5.57. The molecule has 1 aromatic heterocycles. The summed E-state index contributed by atoms with van der Waals surface area (Å²) >= 11 is 1.38. The maximum absolute atomic E-state index is 5.57. The van der Waals surface area contributed by atoms with Gasteiger partial charge in [-0.25, -0.2) is 0 Å². The Kier molecular flexibility index (Phi) is 2.37. The predicted molar refractivity (Wildman–Crippen MR) is 58.5 cm³/mol. The molecule has 3 nitrogen and oxygen atoms in total. The monoisotopic (exact) mass is 206 g/mol. The van der Waals surface area contributed by atoms with Gasteiger partial charge < -0.3 is 10.5 Å². The van der Waals surface area contributed by atoms with Gasteiger partial charge in [0.15, 0.2) is 0 Å². The summed E-state index contributed by atoms with van der Waals surface area (Å²) in [5, 5.41) is 0. The summed E-state index contributed by atoms with van der Waals surface area (Å²) in [6.45, 7) is 0. The average molecular weight is 206 g/mol. The molecule has 1 heterocycles. The van der Waals surface area contributed by atoms with E-state index in [1.54, 1.807) is 7.11 Å². The van der Waals surface area contributed by atoms with Crippen LogP contribution < -0.4 is 10.5 Å². The fourth-order valence-electron chi connectivity index (χ4n) is 1.26. The SMILES string of the molecule is COc1ccccc1-c1cc(N)ns1. The summed E-state index contributed by atoms with van der Waals surface area (Å²) in [6.07, 6.45) is 0. The predicted octanol–water partition coefficient (Wildman–Crippen LogP) is 2.40. The smallest absolute Gasteiger partial charge is 0.137 e. The number of nitrogens with two attached hydrogens (primary N) is 1. The summed E-state index contributed by atoms with van der Waals surface area (Å²) in [4.78, 5) is 1.03. The van der Waals surface area contributed by atoms with Gasteiger partial charge in [-0.3, -0.25) is 0 Å². The van der Waals surface area contributed by atoms with E-state index in [2.05, 4.69) is 4.37 Å². The van der Waals surface area contributed by atoms with Crippen molar-refractivity contribution in [1.82, 2.24) is 4.37 Å². The van der Waals surface area contributed by atoms with Crippen molar-refractivity contribution in [3.63, 3.8) is 0 Å². The highest BCUT2D eigenvalue weighted by Gasteiger charge is 2.07. The molecule has 14 heavy (non-hydrogen) atoms. The van der Waals surface area contributed by atoms with Crippen molar-refractivity contribution < 1.29 is 4.74 Å². The summed E-state index contributed by atoms with van der Waals surface area (Å²) in [7, 11) is 1.66. The standard InChI is InChI=1S/C10H10N2OS/c1-13-8-5-3-2-4-7(8)9-6-10(11)12-14-9/h2-6H,1H3,(H2,11,12). The first-order valence-corrected chi connectivity index (χ1v) is 4.94. The number of hydrogen-bond donors (Lipinski definition) is 1. The van der Waals surface area contributed by atoms with Crippen molar-refractivity contribution in [2.45, 2.75) is 0 Å². The van der Waals surface area contributed by atoms with Crippen LogP contribution in [-0.4, -0.2) is 11.5 Å². The second kappa shape index (κ2) is 3.67. The molecule has 0 amide bonds. The topological polar surface area (TPSA) is 48.1 Å². The van der Waals surface area contributed by atoms with E-state index < -0.39 is 0 Å². The van der Waals surface area contributed by atoms with Crippen LogP contribution in [0.4, 0.5) is 5.82 Å². The van der Waals surface area contributed by atoms with Crippen LogP contribution in [0.15, 0.2) is 30.3 Å². The van der Waals surface area contributed by atoms with Gasteiger partial charge in [-0.15, -0.1) is 0 Å². The van der Waals surface area contributed by atoms with Crippen molar-refractivity contribution >= 4 is 17.4 Å². The van der Waals surface area contributed by atoms with E-state index in [0.717, 1.165) is 16.2 Å². The second-order valence-electron chi connectivity index (χ2n) is 2.82. The zero-order chi connectivity index (χ0) is 9.97. The molecule has 0 saturated carbocycles. The molecular weight excluding hydrogens is 196 g/mol. The number of nitrogens with zero attached hydrogens (tertiary/aromatic N) is 1. The van der Waals surface area contributed by atoms with Gasteiger partial charge in [0.1, 0.15) is 11.6 Å². The molecule has 2 rings (SSSR count).